The van der Waals surface area contributed by atoms with Gasteiger partial charge in [-0.05, 0) is 43.9 Å². The van der Waals surface area contributed by atoms with Crippen LogP contribution in [0.3, 0.4) is 0 Å². The molecular formula is C24H29F3N6O. The number of aromatic nitrogens is 3. The number of halogens is 3. The van der Waals surface area contributed by atoms with Gasteiger partial charge in [0.05, 0.1) is 11.3 Å². The number of alkyl halides is 3. The van der Waals surface area contributed by atoms with Gasteiger partial charge < -0.3 is 11.1 Å². The van der Waals surface area contributed by atoms with Crippen LogP contribution in [0.25, 0.3) is 5.82 Å². The smallest absolute Gasteiger partial charge is 0.382 e. The molecule has 1 saturated carbocycles. The minimum absolute atomic E-state index is 0.124. The molecule has 2 heterocycles. The Hall–Kier alpha value is -3.43. The van der Waals surface area contributed by atoms with E-state index in [1.165, 1.54) is 13.1 Å². The zero-order valence-corrected chi connectivity index (χ0v) is 19.3. The highest BCUT2D eigenvalue weighted by Gasteiger charge is 2.40. The largest absolute Gasteiger partial charge is 0.435 e. The molecule has 10 heteroatoms. The summed E-state index contributed by atoms with van der Waals surface area (Å²) < 4.78 is 42.0. The highest BCUT2D eigenvalue weighted by molar-refractivity contribution is 5.95. The van der Waals surface area contributed by atoms with Crippen molar-refractivity contribution in [3.63, 3.8) is 0 Å². The average molecular weight is 475 g/mol. The van der Waals surface area contributed by atoms with Gasteiger partial charge >= 0.3 is 6.18 Å². The van der Waals surface area contributed by atoms with Gasteiger partial charge in [0.1, 0.15) is 5.82 Å². The SMILES string of the molecule is C=C(C)C=N/C(C)=C(\N)n1cc(C(=O)NCC2(c3cccnc3)CCCCC2)c(C(F)(F)F)n1. The molecular weight excluding hydrogens is 445 g/mol. The fourth-order valence-corrected chi connectivity index (χ4v) is 4.13. The third-order valence-electron chi connectivity index (χ3n) is 6.00. The van der Waals surface area contributed by atoms with Crippen molar-refractivity contribution in [3.8, 4) is 0 Å². The molecule has 0 aliphatic heterocycles. The number of hydrogen-bond acceptors (Lipinski definition) is 5. The molecule has 0 bridgehead atoms. The first kappa shape index (κ1) is 25.2. The number of nitrogens with zero attached hydrogens (tertiary/aromatic N) is 4. The normalized spacial score (nSPS) is 16.9. The average Bonchev–Trinajstić information content (AvgIpc) is 3.28. The maximum atomic E-state index is 13.7. The molecule has 3 N–H and O–H groups in total. The molecule has 1 fully saturated rings. The summed E-state index contributed by atoms with van der Waals surface area (Å²) in [4.78, 5) is 21.2. The van der Waals surface area contributed by atoms with Gasteiger partial charge in [-0.1, -0.05) is 31.9 Å². The van der Waals surface area contributed by atoms with Crippen molar-refractivity contribution in [2.75, 3.05) is 6.54 Å². The van der Waals surface area contributed by atoms with Crippen molar-refractivity contribution in [2.45, 2.75) is 57.5 Å². The summed E-state index contributed by atoms with van der Waals surface area (Å²) >= 11 is 0. The monoisotopic (exact) mass is 474 g/mol. The second-order valence-electron chi connectivity index (χ2n) is 8.67. The van der Waals surface area contributed by atoms with Crippen LogP contribution < -0.4 is 11.1 Å². The highest BCUT2D eigenvalue weighted by atomic mass is 19.4. The lowest BCUT2D eigenvalue weighted by atomic mass is 9.70. The summed E-state index contributed by atoms with van der Waals surface area (Å²) in [7, 11) is 0. The van der Waals surface area contributed by atoms with Crippen LogP contribution in [0.4, 0.5) is 13.2 Å². The van der Waals surface area contributed by atoms with Gasteiger partial charge in [0.2, 0.25) is 0 Å². The number of carbonyl (C=O) groups is 1. The summed E-state index contributed by atoms with van der Waals surface area (Å²) in [5.74, 6) is -0.982. The molecule has 2 aromatic heterocycles. The van der Waals surface area contributed by atoms with Crippen molar-refractivity contribution in [2.24, 2.45) is 10.7 Å². The van der Waals surface area contributed by atoms with Crippen LogP contribution >= 0.6 is 0 Å². The van der Waals surface area contributed by atoms with E-state index in [4.69, 9.17) is 5.73 Å². The van der Waals surface area contributed by atoms with E-state index in [0.717, 1.165) is 48.5 Å². The molecule has 0 spiro atoms. The van der Waals surface area contributed by atoms with Gasteiger partial charge in [-0.15, -0.1) is 0 Å². The Labute approximate surface area is 196 Å². The lowest BCUT2D eigenvalue weighted by Crippen LogP contribution is -2.42. The quantitative estimate of drug-likeness (QED) is 0.569. The molecule has 7 nitrogen and oxygen atoms in total. The number of nitrogens with two attached hydrogens (primary N) is 1. The molecule has 0 atom stereocenters. The van der Waals surface area contributed by atoms with Crippen molar-refractivity contribution in [3.05, 3.63) is 65.4 Å². The molecule has 182 valence electrons. The third kappa shape index (κ3) is 5.73. The predicted octanol–water partition coefficient (Wildman–Crippen LogP) is 4.68. The second-order valence-corrected chi connectivity index (χ2v) is 8.67. The number of amides is 1. The van der Waals surface area contributed by atoms with Gasteiger partial charge in [-0.2, -0.15) is 18.3 Å². The molecule has 3 rings (SSSR count). The number of rotatable bonds is 7. The Morgan fingerprint density at radius 1 is 1.32 bits per heavy atom. The maximum Gasteiger partial charge on any atom is 0.435 e. The summed E-state index contributed by atoms with van der Waals surface area (Å²) in [6.07, 6.45) is 5.69. The first-order valence-electron chi connectivity index (χ1n) is 11.1. The Morgan fingerprint density at radius 3 is 2.62 bits per heavy atom. The lowest BCUT2D eigenvalue weighted by Gasteiger charge is -2.37. The number of nitrogens with one attached hydrogen (secondary N) is 1. The van der Waals surface area contributed by atoms with Crippen LogP contribution in [0.2, 0.25) is 0 Å². The highest BCUT2D eigenvalue weighted by Crippen LogP contribution is 2.39. The van der Waals surface area contributed by atoms with Crippen LogP contribution in [-0.4, -0.2) is 33.4 Å². The first-order chi connectivity index (χ1) is 16.0. The minimum atomic E-state index is -4.83. The molecule has 1 aliphatic carbocycles. The zero-order chi connectivity index (χ0) is 24.9. The van der Waals surface area contributed by atoms with E-state index in [2.05, 4.69) is 27.0 Å². The Balaban J connectivity index is 1.90. The van der Waals surface area contributed by atoms with E-state index in [1.54, 1.807) is 19.3 Å². The van der Waals surface area contributed by atoms with Crippen LogP contribution in [0.5, 0.6) is 0 Å². The standard InChI is InChI=1S/C24H29F3N6O/c1-16(2)12-30-17(3)21(28)33-14-19(20(32-33)24(25,26)27)22(34)31-15-23(9-5-4-6-10-23)18-8-7-11-29-13-18/h7-8,11-14H,1,4-6,9-10,15,28H2,2-3H3,(H,31,34)/b21-17+,30-12?. The molecule has 1 aliphatic rings. The lowest BCUT2D eigenvalue weighted by molar-refractivity contribution is -0.141. The van der Waals surface area contributed by atoms with Crippen molar-refractivity contribution in [1.29, 1.82) is 0 Å². The molecule has 2 aromatic rings. The van der Waals surface area contributed by atoms with E-state index in [-0.39, 0.29) is 23.5 Å². The van der Waals surface area contributed by atoms with E-state index >= 15 is 0 Å². The predicted molar refractivity (Wildman–Crippen MR) is 125 cm³/mol. The van der Waals surface area contributed by atoms with Crippen LogP contribution in [0, 0.1) is 0 Å². The maximum absolute atomic E-state index is 13.7. The van der Waals surface area contributed by atoms with E-state index in [0.29, 0.717) is 5.57 Å². The topological polar surface area (TPSA) is 98.2 Å². The van der Waals surface area contributed by atoms with Gasteiger partial charge in [-0.3, -0.25) is 14.8 Å². The molecule has 1 amide bonds. The molecule has 0 saturated heterocycles. The van der Waals surface area contributed by atoms with Gasteiger partial charge in [0.15, 0.2) is 5.69 Å². The van der Waals surface area contributed by atoms with E-state index in [1.807, 2.05) is 12.1 Å². The molecule has 0 unspecified atom stereocenters. The minimum Gasteiger partial charge on any atom is -0.382 e. The zero-order valence-electron chi connectivity index (χ0n) is 19.3. The van der Waals surface area contributed by atoms with Gasteiger partial charge in [0.25, 0.3) is 5.91 Å². The number of allylic oxidation sites excluding steroid dienone is 2. The molecule has 0 aromatic carbocycles. The second kappa shape index (κ2) is 10.2. The van der Waals surface area contributed by atoms with Crippen LogP contribution in [0.1, 0.15) is 67.6 Å². The number of aliphatic imine (C=N–C) groups is 1. The van der Waals surface area contributed by atoms with E-state index < -0.39 is 23.3 Å². The van der Waals surface area contributed by atoms with Crippen molar-refractivity contribution >= 4 is 17.9 Å². The van der Waals surface area contributed by atoms with Crippen molar-refractivity contribution < 1.29 is 18.0 Å². The fraction of sp³-hybridized carbons (Fsp3) is 0.417. The summed E-state index contributed by atoms with van der Waals surface area (Å²) in [6.45, 7) is 7.13. The third-order valence-corrected chi connectivity index (χ3v) is 6.00. The summed E-state index contributed by atoms with van der Waals surface area (Å²) in [5.41, 5.74) is 5.56. The van der Waals surface area contributed by atoms with Gasteiger partial charge in [0, 0.05) is 36.8 Å². The van der Waals surface area contributed by atoms with Gasteiger partial charge in [-0.25, -0.2) is 4.68 Å². The molecule has 0 radical (unpaired) electrons. The summed E-state index contributed by atoms with van der Waals surface area (Å²) in [5, 5.41) is 6.29. The van der Waals surface area contributed by atoms with Crippen molar-refractivity contribution in [1.82, 2.24) is 20.1 Å². The molecule has 34 heavy (non-hydrogen) atoms. The Morgan fingerprint density at radius 2 is 2.03 bits per heavy atom. The number of carbonyl (C=O) groups excluding carboxylic acids is 1. The number of hydrogen-bond donors (Lipinski definition) is 2. The van der Waals surface area contributed by atoms with Crippen LogP contribution in [-0.2, 0) is 11.6 Å². The Bertz CT molecular complexity index is 1100. The fourth-order valence-electron chi connectivity index (χ4n) is 4.13. The van der Waals surface area contributed by atoms with E-state index in [9.17, 15) is 18.0 Å². The Kier molecular flexibility index (Phi) is 7.58. The first-order valence-corrected chi connectivity index (χ1v) is 11.1. The summed E-state index contributed by atoms with van der Waals surface area (Å²) in [6, 6.07) is 3.77. The number of pyridine rings is 1. The van der Waals surface area contributed by atoms with Crippen LogP contribution in [0.15, 0.2) is 53.6 Å².